The Kier molecular flexibility index (Phi) is 6.34. The maximum Gasteiger partial charge on any atom is 0.338 e. The van der Waals surface area contributed by atoms with Gasteiger partial charge in [-0.2, -0.15) is 0 Å². The first-order chi connectivity index (χ1) is 16.2. The van der Waals surface area contributed by atoms with E-state index in [0.717, 1.165) is 23.8 Å². The average molecular weight is 486 g/mol. The molecule has 1 unspecified atom stereocenters. The number of para-hydroxylation sites is 1. The maximum atomic E-state index is 13.4. The highest BCUT2D eigenvalue weighted by molar-refractivity contribution is 7.92. The van der Waals surface area contributed by atoms with Crippen LogP contribution in [0.15, 0.2) is 71.6 Å². The van der Waals surface area contributed by atoms with E-state index >= 15 is 0 Å². The number of carbonyl (C=O) groups excluding carboxylic acids is 2. The van der Waals surface area contributed by atoms with Crippen LogP contribution in [0.4, 0.5) is 20.2 Å². The van der Waals surface area contributed by atoms with Gasteiger partial charge in [0.25, 0.3) is 15.9 Å². The fourth-order valence-corrected chi connectivity index (χ4v) is 5.52. The van der Waals surface area contributed by atoms with Crippen molar-refractivity contribution in [1.82, 2.24) is 0 Å². The van der Waals surface area contributed by atoms with E-state index in [1.54, 1.807) is 19.1 Å². The Morgan fingerprint density at radius 1 is 1.03 bits per heavy atom. The standard InChI is InChI=1S/C24H20F2N2O5S/c1-15-11-16-5-2-3-8-22(16)28(15)34(31,32)19-7-4-6-17(12-19)24(30)33-14-23(29)27-18-9-10-20(25)21(26)13-18/h2-10,12-13,15H,11,14H2,1H3,(H,27,29). The number of hydrogen-bond donors (Lipinski definition) is 1. The predicted molar refractivity (Wildman–Crippen MR) is 121 cm³/mol. The third-order valence-corrected chi connectivity index (χ3v) is 7.23. The molecule has 0 saturated heterocycles. The summed E-state index contributed by atoms with van der Waals surface area (Å²) in [5.41, 5.74) is 1.45. The molecule has 0 fully saturated rings. The number of esters is 1. The second-order valence-electron chi connectivity index (χ2n) is 7.76. The van der Waals surface area contributed by atoms with Crippen LogP contribution in [0, 0.1) is 11.6 Å². The summed E-state index contributed by atoms with van der Waals surface area (Å²) < 4.78 is 59.2. The van der Waals surface area contributed by atoms with E-state index in [-0.39, 0.29) is 22.2 Å². The Labute approximate surface area is 195 Å². The minimum atomic E-state index is -3.96. The number of nitrogens with zero attached hydrogens (tertiary/aromatic N) is 1. The molecule has 0 bridgehead atoms. The highest BCUT2D eigenvalue weighted by Gasteiger charge is 2.36. The number of rotatable bonds is 6. The monoisotopic (exact) mass is 486 g/mol. The molecule has 34 heavy (non-hydrogen) atoms. The third-order valence-electron chi connectivity index (χ3n) is 5.31. The normalized spacial score (nSPS) is 15.0. The summed E-state index contributed by atoms with van der Waals surface area (Å²) in [5, 5.41) is 2.28. The predicted octanol–water partition coefficient (Wildman–Crippen LogP) is 3.90. The quantitative estimate of drug-likeness (QED) is 0.534. The largest absolute Gasteiger partial charge is 0.452 e. The smallest absolute Gasteiger partial charge is 0.338 e. The Morgan fingerprint density at radius 2 is 1.79 bits per heavy atom. The van der Waals surface area contributed by atoms with Crippen LogP contribution in [-0.4, -0.2) is 32.9 Å². The van der Waals surface area contributed by atoms with Gasteiger partial charge in [0.2, 0.25) is 0 Å². The van der Waals surface area contributed by atoms with Crippen molar-refractivity contribution in [2.75, 3.05) is 16.2 Å². The topological polar surface area (TPSA) is 92.8 Å². The molecule has 3 aromatic rings. The van der Waals surface area contributed by atoms with E-state index in [4.69, 9.17) is 4.74 Å². The lowest BCUT2D eigenvalue weighted by atomic mass is 10.1. The molecule has 0 spiro atoms. The van der Waals surface area contributed by atoms with Gasteiger partial charge in [-0.25, -0.2) is 22.0 Å². The van der Waals surface area contributed by atoms with Crippen LogP contribution in [0.3, 0.4) is 0 Å². The molecule has 1 atom stereocenters. The zero-order valence-electron chi connectivity index (χ0n) is 18.0. The van der Waals surface area contributed by atoms with Gasteiger partial charge >= 0.3 is 5.97 Å². The summed E-state index contributed by atoms with van der Waals surface area (Å²) in [4.78, 5) is 24.3. The molecule has 1 aliphatic heterocycles. The van der Waals surface area contributed by atoms with Gasteiger partial charge < -0.3 is 10.1 Å². The van der Waals surface area contributed by atoms with E-state index in [2.05, 4.69) is 5.32 Å². The van der Waals surface area contributed by atoms with Crippen molar-refractivity contribution >= 4 is 33.3 Å². The average Bonchev–Trinajstić information content (AvgIpc) is 3.16. The number of anilines is 2. The Morgan fingerprint density at radius 3 is 2.56 bits per heavy atom. The van der Waals surface area contributed by atoms with E-state index in [0.29, 0.717) is 12.1 Å². The molecule has 10 heteroatoms. The number of benzene rings is 3. The van der Waals surface area contributed by atoms with Gasteiger partial charge in [0.1, 0.15) is 0 Å². The molecular formula is C24H20F2N2O5S. The molecule has 0 aromatic heterocycles. The summed E-state index contributed by atoms with van der Waals surface area (Å²) >= 11 is 0. The second-order valence-corrected chi connectivity index (χ2v) is 9.58. The summed E-state index contributed by atoms with van der Waals surface area (Å²) in [6, 6.07) is 15.1. The van der Waals surface area contributed by atoms with E-state index in [1.165, 1.54) is 28.6 Å². The molecule has 4 rings (SSSR count). The molecule has 176 valence electrons. The van der Waals surface area contributed by atoms with Crippen molar-refractivity contribution in [3.63, 3.8) is 0 Å². The van der Waals surface area contributed by atoms with Gasteiger partial charge in [-0.3, -0.25) is 9.10 Å². The summed E-state index contributed by atoms with van der Waals surface area (Å²) in [6.07, 6.45) is 0.574. The molecule has 1 N–H and O–H groups in total. The van der Waals surface area contributed by atoms with Gasteiger partial charge in [0.15, 0.2) is 18.2 Å². The molecule has 0 aliphatic carbocycles. The Balaban J connectivity index is 1.46. The molecule has 0 radical (unpaired) electrons. The molecule has 1 aliphatic rings. The Bertz CT molecular complexity index is 1380. The lowest BCUT2D eigenvalue weighted by Crippen LogP contribution is -2.35. The van der Waals surface area contributed by atoms with Crippen molar-refractivity contribution in [2.24, 2.45) is 0 Å². The second kappa shape index (κ2) is 9.22. The number of sulfonamides is 1. The first kappa shape index (κ1) is 23.4. The van der Waals surface area contributed by atoms with Gasteiger partial charge in [-0.1, -0.05) is 24.3 Å². The SMILES string of the molecule is CC1Cc2ccccc2N1S(=O)(=O)c1cccc(C(=O)OCC(=O)Nc2ccc(F)c(F)c2)c1. The van der Waals surface area contributed by atoms with Crippen molar-refractivity contribution in [3.8, 4) is 0 Å². The first-order valence-electron chi connectivity index (χ1n) is 10.3. The van der Waals surface area contributed by atoms with Crippen LogP contribution in [0.2, 0.25) is 0 Å². The number of ether oxygens (including phenoxy) is 1. The number of carbonyl (C=O) groups is 2. The molecule has 0 saturated carbocycles. The lowest BCUT2D eigenvalue weighted by molar-refractivity contribution is -0.119. The molecule has 7 nitrogen and oxygen atoms in total. The summed E-state index contributed by atoms with van der Waals surface area (Å²) in [6.45, 7) is 1.10. The van der Waals surface area contributed by atoms with Gasteiger partial charge in [-0.15, -0.1) is 0 Å². The van der Waals surface area contributed by atoms with Crippen LogP contribution in [0.1, 0.15) is 22.8 Å². The fraction of sp³-hybridized carbons (Fsp3) is 0.167. The van der Waals surface area contributed by atoms with E-state index < -0.39 is 40.1 Å². The fourth-order valence-electron chi connectivity index (χ4n) is 3.79. The summed E-state index contributed by atoms with van der Waals surface area (Å²) in [5.74, 6) is -3.88. The van der Waals surface area contributed by atoms with Crippen molar-refractivity contribution in [2.45, 2.75) is 24.3 Å². The molecule has 1 heterocycles. The van der Waals surface area contributed by atoms with E-state index in [9.17, 15) is 26.8 Å². The number of nitrogens with one attached hydrogen (secondary N) is 1. The lowest BCUT2D eigenvalue weighted by Gasteiger charge is -2.24. The van der Waals surface area contributed by atoms with Gasteiger partial charge in [-0.05, 0) is 55.3 Å². The highest BCUT2D eigenvalue weighted by atomic mass is 32.2. The van der Waals surface area contributed by atoms with Crippen LogP contribution in [0.25, 0.3) is 0 Å². The van der Waals surface area contributed by atoms with Crippen molar-refractivity contribution in [1.29, 1.82) is 0 Å². The Hall–Kier alpha value is -3.79. The number of amides is 1. The van der Waals surface area contributed by atoms with Crippen LogP contribution in [-0.2, 0) is 26.0 Å². The van der Waals surface area contributed by atoms with Crippen molar-refractivity contribution < 1.29 is 31.5 Å². The molecular weight excluding hydrogens is 466 g/mol. The van der Waals surface area contributed by atoms with Crippen molar-refractivity contribution in [3.05, 3.63) is 89.5 Å². The van der Waals surface area contributed by atoms with Crippen LogP contribution >= 0.6 is 0 Å². The molecule has 1 amide bonds. The number of hydrogen-bond acceptors (Lipinski definition) is 5. The highest BCUT2D eigenvalue weighted by Crippen LogP contribution is 2.36. The molecule has 3 aromatic carbocycles. The van der Waals surface area contributed by atoms with Gasteiger partial charge in [0.05, 0.1) is 16.1 Å². The zero-order valence-corrected chi connectivity index (χ0v) is 18.8. The van der Waals surface area contributed by atoms with Gasteiger partial charge in [0, 0.05) is 17.8 Å². The first-order valence-corrected chi connectivity index (χ1v) is 11.8. The van der Waals surface area contributed by atoms with Crippen LogP contribution in [0.5, 0.6) is 0 Å². The van der Waals surface area contributed by atoms with E-state index in [1.807, 2.05) is 12.1 Å². The zero-order chi connectivity index (χ0) is 24.5. The van der Waals surface area contributed by atoms with Crippen LogP contribution < -0.4 is 9.62 Å². The number of halogens is 2. The third kappa shape index (κ3) is 4.62. The minimum Gasteiger partial charge on any atom is -0.452 e. The minimum absolute atomic E-state index is 0.00643. The maximum absolute atomic E-state index is 13.4. The number of fused-ring (bicyclic) bond motifs is 1. The summed E-state index contributed by atoms with van der Waals surface area (Å²) in [7, 11) is -3.96.